The van der Waals surface area contributed by atoms with E-state index in [9.17, 15) is 0 Å². The molecule has 1 heterocycles. The summed E-state index contributed by atoms with van der Waals surface area (Å²) in [5.41, 5.74) is 1.10. The molecule has 0 saturated carbocycles. The van der Waals surface area contributed by atoms with Crippen LogP contribution in [0, 0.1) is 0 Å². The molecule has 2 nitrogen and oxygen atoms in total. The van der Waals surface area contributed by atoms with E-state index in [-0.39, 0.29) is 12.4 Å². The predicted octanol–water partition coefficient (Wildman–Crippen LogP) is 1.61. The molecule has 0 radical (unpaired) electrons. The summed E-state index contributed by atoms with van der Waals surface area (Å²) in [6, 6.07) is 0. The van der Waals surface area contributed by atoms with Gasteiger partial charge in [0.1, 0.15) is 0 Å². The molecule has 0 aliphatic rings. The molecule has 4 heteroatoms. The Kier molecular flexibility index (Phi) is 4.54. The third-order valence-corrected chi connectivity index (χ3v) is 1.11. The first-order chi connectivity index (χ1) is 3.93. The average molecular weight is 167 g/mol. The third-order valence-electron chi connectivity index (χ3n) is 0.919. The fourth-order valence-electron chi connectivity index (χ4n) is 0.523. The van der Waals surface area contributed by atoms with Crippen LogP contribution in [0.5, 0.6) is 0 Å². The van der Waals surface area contributed by atoms with E-state index in [1.807, 2.05) is 0 Å². The number of imidazole rings is 1. The molecule has 0 aliphatic carbocycles. The molecule has 9 heavy (non-hydrogen) atoms. The van der Waals surface area contributed by atoms with Crippen molar-refractivity contribution in [1.82, 2.24) is 9.97 Å². The minimum Gasteiger partial charge on any atom is -0.348 e. The van der Waals surface area contributed by atoms with E-state index >= 15 is 0 Å². The number of aryl methyl sites for hydroxylation is 1. The number of nitrogens with zero attached hydrogens (tertiary/aromatic N) is 1. The molecule has 0 aromatic carbocycles. The monoisotopic (exact) mass is 166 g/mol. The number of alkyl halides is 1. The summed E-state index contributed by atoms with van der Waals surface area (Å²) in [7, 11) is 0. The quantitative estimate of drug-likeness (QED) is 0.666. The number of halogens is 2. The first-order valence-corrected chi connectivity index (χ1v) is 3.00. The fraction of sp³-hybridized carbons (Fsp3) is 0.400. The van der Waals surface area contributed by atoms with Crippen LogP contribution in [0.25, 0.3) is 0 Å². The fourth-order valence-corrected chi connectivity index (χ4v) is 0.727. The van der Waals surface area contributed by atoms with E-state index in [1.54, 1.807) is 12.5 Å². The molecule has 0 atom stereocenters. The Morgan fingerprint density at radius 3 is 2.89 bits per heavy atom. The van der Waals surface area contributed by atoms with Crippen molar-refractivity contribution in [2.24, 2.45) is 0 Å². The van der Waals surface area contributed by atoms with Gasteiger partial charge < -0.3 is 4.98 Å². The van der Waals surface area contributed by atoms with Crippen LogP contribution in [0.4, 0.5) is 0 Å². The van der Waals surface area contributed by atoms with E-state index in [2.05, 4.69) is 9.97 Å². The number of hydrogen-bond donors (Lipinski definition) is 1. The minimum absolute atomic E-state index is 0. The molecular weight excluding hydrogens is 159 g/mol. The third kappa shape index (κ3) is 2.72. The smallest absolute Gasteiger partial charge is 0.0921 e. The van der Waals surface area contributed by atoms with Gasteiger partial charge >= 0.3 is 0 Å². The zero-order valence-electron chi connectivity index (χ0n) is 4.80. The maximum atomic E-state index is 5.45. The molecular formula is C5H8Cl2N2. The van der Waals surface area contributed by atoms with Crippen molar-refractivity contribution >= 4 is 24.0 Å². The topological polar surface area (TPSA) is 28.7 Å². The lowest BCUT2D eigenvalue weighted by Gasteiger charge is -1.84. The van der Waals surface area contributed by atoms with Gasteiger partial charge in [0.05, 0.1) is 6.33 Å². The molecule has 52 valence electrons. The van der Waals surface area contributed by atoms with Crippen molar-refractivity contribution in [3.05, 3.63) is 18.2 Å². The Hall–Kier alpha value is -0.210. The second-order valence-electron chi connectivity index (χ2n) is 1.52. The van der Waals surface area contributed by atoms with Crippen molar-refractivity contribution in [2.75, 3.05) is 5.88 Å². The second kappa shape index (κ2) is 4.65. The average Bonchev–Trinajstić information content (AvgIpc) is 2.19. The standard InChI is InChI=1S/C5H7ClN2.ClH/c6-2-1-5-3-7-4-8-5;/h3-4H,1-2H2,(H,7,8);1H. The molecule has 0 bridgehead atoms. The molecule has 1 rings (SSSR count). The minimum atomic E-state index is 0. The van der Waals surface area contributed by atoms with Crippen LogP contribution in [0.1, 0.15) is 5.69 Å². The Morgan fingerprint density at radius 2 is 2.44 bits per heavy atom. The number of hydrogen-bond acceptors (Lipinski definition) is 1. The predicted molar refractivity (Wildman–Crippen MR) is 40.3 cm³/mol. The Labute approximate surface area is 65.0 Å². The van der Waals surface area contributed by atoms with Crippen LogP contribution >= 0.6 is 24.0 Å². The highest BCUT2D eigenvalue weighted by atomic mass is 35.5. The van der Waals surface area contributed by atoms with Crippen molar-refractivity contribution in [3.63, 3.8) is 0 Å². The number of aromatic amines is 1. The second-order valence-corrected chi connectivity index (χ2v) is 1.89. The zero-order valence-corrected chi connectivity index (χ0v) is 6.37. The SMILES string of the molecule is Cl.ClCCc1cnc[nH]1. The van der Waals surface area contributed by atoms with Gasteiger partial charge in [-0.3, -0.25) is 0 Å². The molecule has 1 N–H and O–H groups in total. The zero-order chi connectivity index (χ0) is 5.82. The molecule has 0 amide bonds. The van der Waals surface area contributed by atoms with Gasteiger partial charge in [0, 0.05) is 24.2 Å². The van der Waals surface area contributed by atoms with Crippen molar-refractivity contribution in [2.45, 2.75) is 6.42 Å². The van der Waals surface area contributed by atoms with Gasteiger partial charge in [0.2, 0.25) is 0 Å². The van der Waals surface area contributed by atoms with Crippen LogP contribution in [-0.4, -0.2) is 15.8 Å². The van der Waals surface area contributed by atoms with E-state index in [0.29, 0.717) is 5.88 Å². The van der Waals surface area contributed by atoms with Gasteiger partial charge in [0.25, 0.3) is 0 Å². The van der Waals surface area contributed by atoms with Crippen LogP contribution in [0.15, 0.2) is 12.5 Å². The normalized spacial score (nSPS) is 8.56. The summed E-state index contributed by atoms with van der Waals surface area (Å²) in [5, 5.41) is 0. The maximum Gasteiger partial charge on any atom is 0.0921 e. The number of rotatable bonds is 2. The molecule has 1 aromatic heterocycles. The largest absolute Gasteiger partial charge is 0.348 e. The lowest BCUT2D eigenvalue weighted by Crippen LogP contribution is -1.83. The highest BCUT2D eigenvalue weighted by molar-refractivity contribution is 6.17. The summed E-state index contributed by atoms with van der Waals surface area (Å²) in [5.74, 6) is 0.655. The molecule has 0 saturated heterocycles. The first kappa shape index (κ1) is 8.79. The highest BCUT2D eigenvalue weighted by Gasteiger charge is 1.87. The lowest BCUT2D eigenvalue weighted by molar-refractivity contribution is 1.07. The Bertz CT molecular complexity index is 139. The molecule has 1 aromatic rings. The number of nitrogens with one attached hydrogen (secondary N) is 1. The molecule has 0 aliphatic heterocycles. The lowest BCUT2D eigenvalue weighted by atomic mass is 10.4. The van der Waals surface area contributed by atoms with E-state index < -0.39 is 0 Å². The molecule has 0 fully saturated rings. The van der Waals surface area contributed by atoms with Gasteiger partial charge in [-0.05, 0) is 0 Å². The van der Waals surface area contributed by atoms with Gasteiger partial charge in [-0.2, -0.15) is 0 Å². The van der Waals surface area contributed by atoms with Crippen molar-refractivity contribution in [3.8, 4) is 0 Å². The van der Waals surface area contributed by atoms with Crippen LogP contribution in [0.2, 0.25) is 0 Å². The van der Waals surface area contributed by atoms with Gasteiger partial charge in [0.15, 0.2) is 0 Å². The van der Waals surface area contributed by atoms with Crippen molar-refractivity contribution < 1.29 is 0 Å². The van der Waals surface area contributed by atoms with Crippen LogP contribution in [-0.2, 0) is 6.42 Å². The van der Waals surface area contributed by atoms with Gasteiger partial charge in [-0.25, -0.2) is 4.98 Å². The van der Waals surface area contributed by atoms with Crippen LogP contribution in [0.3, 0.4) is 0 Å². The Morgan fingerprint density at radius 1 is 1.67 bits per heavy atom. The summed E-state index contributed by atoms with van der Waals surface area (Å²) in [4.78, 5) is 6.77. The number of H-pyrrole nitrogens is 1. The van der Waals surface area contributed by atoms with Gasteiger partial charge in [-0.15, -0.1) is 24.0 Å². The maximum absolute atomic E-state index is 5.45. The summed E-state index contributed by atoms with van der Waals surface area (Å²) in [6.07, 6.45) is 4.31. The summed E-state index contributed by atoms with van der Waals surface area (Å²) in [6.45, 7) is 0. The van der Waals surface area contributed by atoms with Crippen molar-refractivity contribution in [1.29, 1.82) is 0 Å². The molecule has 0 spiro atoms. The van der Waals surface area contributed by atoms with E-state index in [0.717, 1.165) is 12.1 Å². The summed E-state index contributed by atoms with van der Waals surface area (Å²) >= 11 is 5.45. The molecule has 0 unspecified atom stereocenters. The number of aromatic nitrogens is 2. The summed E-state index contributed by atoms with van der Waals surface area (Å²) < 4.78 is 0. The first-order valence-electron chi connectivity index (χ1n) is 2.46. The highest BCUT2D eigenvalue weighted by Crippen LogP contribution is 1.92. The Balaban J connectivity index is 0.000000640. The van der Waals surface area contributed by atoms with Crippen LogP contribution < -0.4 is 0 Å². The van der Waals surface area contributed by atoms with E-state index in [4.69, 9.17) is 11.6 Å². The van der Waals surface area contributed by atoms with E-state index in [1.165, 1.54) is 0 Å². The van der Waals surface area contributed by atoms with Gasteiger partial charge in [-0.1, -0.05) is 0 Å².